The fourth-order valence-electron chi connectivity index (χ4n) is 1.63. The Morgan fingerprint density at radius 3 is 2.21 bits per heavy atom. The van der Waals surface area contributed by atoms with Crippen molar-refractivity contribution in [1.82, 2.24) is 0 Å². The van der Waals surface area contributed by atoms with Crippen molar-refractivity contribution in [2.24, 2.45) is 0 Å². The van der Waals surface area contributed by atoms with Crippen LogP contribution in [0.4, 0.5) is 13.2 Å². The third-order valence-corrected chi connectivity index (χ3v) is 2.43. The molecule has 2 nitrogen and oxygen atoms in total. The molecule has 0 atom stereocenters. The quantitative estimate of drug-likeness (QED) is 0.816. The van der Waals surface area contributed by atoms with Crippen molar-refractivity contribution >= 4 is 0 Å². The first-order valence-corrected chi connectivity index (χ1v) is 5.35. The smallest absolute Gasteiger partial charge is 0.404 e. The van der Waals surface area contributed by atoms with E-state index in [-0.39, 0.29) is 5.56 Å². The molecule has 0 heterocycles. The lowest BCUT2D eigenvalue weighted by Crippen LogP contribution is -2.17. The van der Waals surface area contributed by atoms with E-state index in [1.54, 1.807) is 42.5 Å². The molecule has 0 unspecified atom stereocenters. The fraction of sp³-hybridized carbons (Fsp3) is 0.0714. The summed E-state index contributed by atoms with van der Waals surface area (Å²) in [4.78, 5) is 0. The molecule has 0 aliphatic heterocycles. The highest BCUT2D eigenvalue weighted by Gasteiger charge is 2.32. The molecule has 0 aliphatic carbocycles. The van der Waals surface area contributed by atoms with Gasteiger partial charge in [0.15, 0.2) is 0 Å². The first-order valence-electron chi connectivity index (χ1n) is 5.35. The molecule has 2 rings (SSSR count). The third-order valence-electron chi connectivity index (χ3n) is 2.43. The first-order chi connectivity index (χ1) is 8.99. The number of halogens is 3. The number of hydrogen-bond acceptors (Lipinski definition) is 2. The Bertz CT molecular complexity index is 615. The average molecular weight is 263 g/mol. The molecule has 19 heavy (non-hydrogen) atoms. The maximum atomic E-state index is 12.3. The van der Waals surface area contributed by atoms with Gasteiger partial charge in [-0.25, -0.2) is 0 Å². The summed E-state index contributed by atoms with van der Waals surface area (Å²) in [6.07, 6.45) is -4.82. The second-order valence-corrected chi connectivity index (χ2v) is 3.74. The standard InChI is InChI=1S/C14H8F3NO/c15-14(16,17)19-13-8-11(6-7-12(13)9-18)10-4-2-1-3-5-10/h1-8H. The molecule has 0 fully saturated rings. The van der Waals surface area contributed by atoms with Gasteiger partial charge >= 0.3 is 6.36 Å². The molecule has 2 aromatic carbocycles. The van der Waals surface area contributed by atoms with Crippen LogP contribution in [-0.2, 0) is 0 Å². The summed E-state index contributed by atoms with van der Waals surface area (Å²) in [6.45, 7) is 0. The minimum absolute atomic E-state index is 0.156. The molecule has 0 bridgehead atoms. The monoisotopic (exact) mass is 263 g/mol. The summed E-state index contributed by atoms with van der Waals surface area (Å²) >= 11 is 0. The van der Waals surface area contributed by atoms with Gasteiger partial charge in [0.05, 0.1) is 5.56 Å². The largest absolute Gasteiger partial charge is 0.573 e. The van der Waals surface area contributed by atoms with Crippen LogP contribution in [0, 0.1) is 11.3 Å². The second kappa shape index (κ2) is 5.02. The highest BCUT2D eigenvalue weighted by Crippen LogP contribution is 2.30. The van der Waals surface area contributed by atoms with Crippen molar-refractivity contribution < 1.29 is 17.9 Å². The van der Waals surface area contributed by atoms with Crippen molar-refractivity contribution in [3.8, 4) is 22.9 Å². The zero-order valence-corrected chi connectivity index (χ0v) is 9.61. The molecule has 96 valence electrons. The predicted octanol–water partition coefficient (Wildman–Crippen LogP) is 4.12. The topological polar surface area (TPSA) is 33.0 Å². The van der Waals surface area contributed by atoms with E-state index in [0.717, 1.165) is 5.56 Å². The zero-order chi connectivity index (χ0) is 13.9. The Kier molecular flexibility index (Phi) is 3.43. The van der Waals surface area contributed by atoms with E-state index in [1.165, 1.54) is 12.1 Å². The summed E-state index contributed by atoms with van der Waals surface area (Å²) in [5, 5.41) is 8.78. The molecule has 2 aromatic rings. The SMILES string of the molecule is N#Cc1ccc(-c2ccccc2)cc1OC(F)(F)F. The zero-order valence-electron chi connectivity index (χ0n) is 9.61. The molecular formula is C14H8F3NO. The van der Waals surface area contributed by atoms with Crippen LogP contribution in [-0.4, -0.2) is 6.36 Å². The van der Waals surface area contributed by atoms with E-state index < -0.39 is 12.1 Å². The number of nitrogens with zero attached hydrogens (tertiary/aromatic N) is 1. The molecule has 0 saturated heterocycles. The normalized spacial score (nSPS) is 10.8. The molecule has 0 N–H and O–H groups in total. The Morgan fingerprint density at radius 2 is 1.63 bits per heavy atom. The molecule has 0 aromatic heterocycles. The summed E-state index contributed by atoms with van der Waals surface area (Å²) < 4.78 is 40.6. The Balaban J connectivity index is 2.45. The van der Waals surface area contributed by atoms with Crippen LogP contribution in [0.3, 0.4) is 0 Å². The molecular weight excluding hydrogens is 255 g/mol. The second-order valence-electron chi connectivity index (χ2n) is 3.74. The van der Waals surface area contributed by atoms with Gasteiger partial charge in [0.1, 0.15) is 11.8 Å². The van der Waals surface area contributed by atoms with Crippen molar-refractivity contribution in [1.29, 1.82) is 5.26 Å². The fourth-order valence-corrected chi connectivity index (χ4v) is 1.63. The third kappa shape index (κ3) is 3.26. The van der Waals surface area contributed by atoms with Gasteiger partial charge in [-0.3, -0.25) is 0 Å². The maximum Gasteiger partial charge on any atom is 0.573 e. The van der Waals surface area contributed by atoms with Crippen LogP contribution in [0.2, 0.25) is 0 Å². The van der Waals surface area contributed by atoms with Gasteiger partial charge in [0.2, 0.25) is 0 Å². The van der Waals surface area contributed by atoms with Crippen LogP contribution < -0.4 is 4.74 Å². The molecule has 0 amide bonds. The molecule has 0 radical (unpaired) electrons. The number of hydrogen-bond donors (Lipinski definition) is 0. The Hall–Kier alpha value is -2.48. The van der Waals surface area contributed by atoms with Crippen LogP contribution in [0.1, 0.15) is 5.56 Å². The van der Waals surface area contributed by atoms with Gasteiger partial charge in [-0.2, -0.15) is 5.26 Å². The van der Waals surface area contributed by atoms with E-state index in [2.05, 4.69) is 4.74 Å². The molecule has 0 aliphatic rings. The van der Waals surface area contributed by atoms with Crippen molar-refractivity contribution in [2.45, 2.75) is 6.36 Å². The van der Waals surface area contributed by atoms with Gasteiger partial charge in [0.25, 0.3) is 0 Å². The van der Waals surface area contributed by atoms with Crippen LogP contribution in [0.5, 0.6) is 5.75 Å². The summed E-state index contributed by atoms with van der Waals surface area (Å²) in [7, 11) is 0. The summed E-state index contributed by atoms with van der Waals surface area (Å²) in [5.74, 6) is -0.489. The predicted molar refractivity (Wildman–Crippen MR) is 63.3 cm³/mol. The van der Waals surface area contributed by atoms with Crippen molar-refractivity contribution in [3.63, 3.8) is 0 Å². The average Bonchev–Trinajstić information content (AvgIpc) is 2.38. The number of nitriles is 1. The van der Waals surface area contributed by atoms with Crippen LogP contribution in [0.25, 0.3) is 11.1 Å². The number of alkyl halides is 3. The highest BCUT2D eigenvalue weighted by atomic mass is 19.4. The van der Waals surface area contributed by atoms with E-state index in [4.69, 9.17) is 5.26 Å². The lowest BCUT2D eigenvalue weighted by Gasteiger charge is -2.11. The summed E-state index contributed by atoms with van der Waals surface area (Å²) in [6, 6.07) is 14.7. The van der Waals surface area contributed by atoms with Crippen molar-refractivity contribution in [3.05, 3.63) is 54.1 Å². The van der Waals surface area contributed by atoms with E-state index in [0.29, 0.717) is 5.56 Å². The molecule has 0 saturated carbocycles. The Morgan fingerprint density at radius 1 is 0.947 bits per heavy atom. The van der Waals surface area contributed by atoms with Crippen molar-refractivity contribution in [2.75, 3.05) is 0 Å². The van der Waals surface area contributed by atoms with Crippen LogP contribution in [0.15, 0.2) is 48.5 Å². The number of rotatable bonds is 2. The van der Waals surface area contributed by atoms with E-state index in [9.17, 15) is 13.2 Å². The van der Waals surface area contributed by atoms with Gasteiger partial charge in [-0.1, -0.05) is 36.4 Å². The van der Waals surface area contributed by atoms with Crippen LogP contribution >= 0.6 is 0 Å². The number of benzene rings is 2. The highest BCUT2D eigenvalue weighted by molar-refractivity contribution is 5.67. The van der Waals surface area contributed by atoms with E-state index >= 15 is 0 Å². The number of ether oxygens (including phenoxy) is 1. The van der Waals surface area contributed by atoms with Gasteiger partial charge in [-0.05, 0) is 23.3 Å². The molecule has 0 spiro atoms. The van der Waals surface area contributed by atoms with Gasteiger partial charge in [-0.15, -0.1) is 13.2 Å². The van der Waals surface area contributed by atoms with Gasteiger partial charge < -0.3 is 4.74 Å². The molecule has 5 heteroatoms. The summed E-state index contributed by atoms with van der Waals surface area (Å²) in [5.41, 5.74) is 1.15. The first kappa shape index (κ1) is 13.0. The lowest BCUT2D eigenvalue weighted by molar-refractivity contribution is -0.274. The van der Waals surface area contributed by atoms with E-state index in [1.807, 2.05) is 0 Å². The van der Waals surface area contributed by atoms with Gasteiger partial charge in [0, 0.05) is 0 Å². The minimum atomic E-state index is -4.82. The Labute approximate surface area is 107 Å². The maximum absolute atomic E-state index is 12.3. The lowest BCUT2D eigenvalue weighted by atomic mass is 10.0. The minimum Gasteiger partial charge on any atom is -0.404 e.